The zero-order chi connectivity index (χ0) is 39.6. The average Bonchev–Trinajstić information content (AvgIpc) is 3.62. The maximum absolute atomic E-state index is 5.03. The van der Waals surface area contributed by atoms with Crippen molar-refractivity contribution < 1.29 is 0 Å². The van der Waals surface area contributed by atoms with Gasteiger partial charge in [0, 0.05) is 26.5 Å². The van der Waals surface area contributed by atoms with Crippen LogP contribution in [-0.4, -0.2) is 15.0 Å². The van der Waals surface area contributed by atoms with Crippen molar-refractivity contribution in [1.29, 1.82) is 0 Å². The van der Waals surface area contributed by atoms with Gasteiger partial charge in [0.15, 0.2) is 17.5 Å². The molecule has 1 aromatic heterocycles. The molecular formula is C56H35N3S. The maximum Gasteiger partial charge on any atom is 0.164 e. The second-order valence-electron chi connectivity index (χ2n) is 15.5. The smallest absolute Gasteiger partial charge is 0.164 e. The number of benzene rings is 9. The highest BCUT2D eigenvalue weighted by atomic mass is 32.2. The van der Waals surface area contributed by atoms with E-state index in [2.05, 4.69) is 152 Å². The molecule has 10 aromatic rings. The van der Waals surface area contributed by atoms with Crippen LogP contribution in [0.25, 0.3) is 78.3 Å². The first-order chi connectivity index (χ1) is 29.7. The van der Waals surface area contributed by atoms with Crippen molar-refractivity contribution in [2.75, 3.05) is 0 Å². The maximum atomic E-state index is 5.03. The molecule has 0 radical (unpaired) electrons. The first kappa shape index (κ1) is 34.6. The predicted octanol–water partition coefficient (Wildman–Crippen LogP) is 14.2. The van der Waals surface area contributed by atoms with E-state index < -0.39 is 5.41 Å². The molecule has 2 heterocycles. The molecule has 0 fully saturated rings. The summed E-state index contributed by atoms with van der Waals surface area (Å²) in [6.45, 7) is 0. The topological polar surface area (TPSA) is 38.7 Å². The molecule has 3 nitrogen and oxygen atoms in total. The molecule has 9 aromatic carbocycles. The Labute approximate surface area is 353 Å². The fourth-order valence-electron chi connectivity index (χ4n) is 9.52. The first-order valence-corrected chi connectivity index (χ1v) is 21.2. The third kappa shape index (κ3) is 5.35. The van der Waals surface area contributed by atoms with Crippen LogP contribution in [0, 0.1) is 0 Å². The Balaban J connectivity index is 1.02. The number of nitrogens with zero attached hydrogens (tertiary/aromatic N) is 3. The molecule has 0 unspecified atom stereocenters. The highest BCUT2D eigenvalue weighted by Crippen LogP contribution is 2.64. The van der Waals surface area contributed by atoms with Gasteiger partial charge >= 0.3 is 0 Å². The summed E-state index contributed by atoms with van der Waals surface area (Å²) in [5, 5.41) is 2.54. The van der Waals surface area contributed by atoms with Gasteiger partial charge in [-0.15, -0.1) is 0 Å². The van der Waals surface area contributed by atoms with Crippen LogP contribution < -0.4 is 0 Å². The molecule has 0 N–H and O–H groups in total. The number of rotatable bonds is 5. The minimum Gasteiger partial charge on any atom is -0.208 e. The standard InChI is InChI=1S/C56H35N3S/c1-3-17-37(18-4-1)53-57-54(38-19-5-2-6-20-38)59-55(58-53)42-24-14-22-40(35-42)39-21-13-23-41(34-39)44-28-15-31-49-52(44)60-51-43-25-8-7-16-36(43)32-33-50(51)56(49)47-29-11-9-26-45(47)46-27-10-12-30-48(46)56/h1-35H. The van der Waals surface area contributed by atoms with E-state index in [0.717, 1.165) is 27.8 Å². The van der Waals surface area contributed by atoms with E-state index in [9.17, 15) is 0 Å². The molecule has 0 saturated heterocycles. The van der Waals surface area contributed by atoms with E-state index in [1.807, 2.05) is 72.4 Å². The lowest BCUT2D eigenvalue weighted by atomic mass is 9.66. The van der Waals surface area contributed by atoms with E-state index in [1.165, 1.54) is 65.1 Å². The highest BCUT2D eigenvalue weighted by Gasteiger charge is 2.50. The lowest BCUT2D eigenvalue weighted by Gasteiger charge is -2.41. The summed E-state index contributed by atoms with van der Waals surface area (Å²) in [4.78, 5) is 17.6. The van der Waals surface area contributed by atoms with Crippen molar-refractivity contribution in [3.63, 3.8) is 0 Å². The van der Waals surface area contributed by atoms with Crippen molar-refractivity contribution in [2.24, 2.45) is 0 Å². The first-order valence-electron chi connectivity index (χ1n) is 20.4. The molecule has 0 saturated carbocycles. The second kappa shape index (κ2) is 13.9. The van der Waals surface area contributed by atoms with Crippen LogP contribution in [0.3, 0.4) is 0 Å². The molecule has 0 bridgehead atoms. The molecular weight excluding hydrogens is 747 g/mol. The Morgan fingerprint density at radius 2 is 0.750 bits per heavy atom. The van der Waals surface area contributed by atoms with Gasteiger partial charge in [-0.2, -0.15) is 0 Å². The van der Waals surface area contributed by atoms with E-state index in [1.54, 1.807) is 0 Å². The number of fused-ring (bicyclic) bond motifs is 11. The van der Waals surface area contributed by atoms with Gasteiger partial charge in [0.05, 0.1) is 5.41 Å². The van der Waals surface area contributed by atoms with Crippen LogP contribution in [0.4, 0.5) is 0 Å². The Bertz CT molecular complexity index is 3200. The van der Waals surface area contributed by atoms with Crippen molar-refractivity contribution in [3.05, 3.63) is 235 Å². The zero-order valence-electron chi connectivity index (χ0n) is 32.5. The monoisotopic (exact) mass is 781 g/mol. The van der Waals surface area contributed by atoms with Gasteiger partial charge < -0.3 is 0 Å². The van der Waals surface area contributed by atoms with Gasteiger partial charge in [0.1, 0.15) is 0 Å². The third-order valence-electron chi connectivity index (χ3n) is 12.2. The van der Waals surface area contributed by atoms with Gasteiger partial charge in [-0.05, 0) is 78.5 Å². The molecule has 1 aliphatic heterocycles. The summed E-state index contributed by atoms with van der Waals surface area (Å²) in [5.41, 5.74) is 15.0. The van der Waals surface area contributed by atoms with E-state index in [0.29, 0.717) is 17.5 Å². The Morgan fingerprint density at radius 1 is 0.300 bits per heavy atom. The summed E-state index contributed by atoms with van der Waals surface area (Å²) in [7, 11) is 0. The molecule has 4 heteroatoms. The van der Waals surface area contributed by atoms with Gasteiger partial charge in [-0.3, -0.25) is 0 Å². The summed E-state index contributed by atoms with van der Waals surface area (Å²) in [6, 6.07) is 76.4. The minimum absolute atomic E-state index is 0.461. The third-order valence-corrected chi connectivity index (χ3v) is 13.5. The van der Waals surface area contributed by atoms with E-state index >= 15 is 0 Å². The van der Waals surface area contributed by atoms with Crippen LogP contribution in [0.15, 0.2) is 222 Å². The number of hydrogen-bond acceptors (Lipinski definition) is 4. The lowest BCUT2D eigenvalue weighted by molar-refractivity contribution is 0.726. The van der Waals surface area contributed by atoms with Crippen LogP contribution in [-0.2, 0) is 5.41 Å². The largest absolute Gasteiger partial charge is 0.208 e. The van der Waals surface area contributed by atoms with E-state index in [4.69, 9.17) is 15.0 Å². The van der Waals surface area contributed by atoms with Crippen molar-refractivity contribution in [3.8, 4) is 67.5 Å². The SMILES string of the molecule is c1ccc(-c2nc(-c3ccccc3)nc(-c3cccc(-c4cccc(-c5cccc6c5Sc5c(ccc7ccccc57)C65c6ccccc6-c6ccccc65)c4)c3)n2)cc1. The lowest BCUT2D eigenvalue weighted by Crippen LogP contribution is -2.32. The van der Waals surface area contributed by atoms with Crippen molar-refractivity contribution in [1.82, 2.24) is 15.0 Å². The average molecular weight is 782 g/mol. The molecule has 0 amide bonds. The fraction of sp³-hybridized carbons (Fsp3) is 0.0179. The molecule has 1 aliphatic carbocycles. The molecule has 60 heavy (non-hydrogen) atoms. The molecule has 280 valence electrons. The predicted molar refractivity (Wildman–Crippen MR) is 246 cm³/mol. The second-order valence-corrected chi connectivity index (χ2v) is 16.5. The van der Waals surface area contributed by atoms with Gasteiger partial charge in [-0.25, -0.2) is 15.0 Å². The minimum atomic E-state index is -0.461. The highest BCUT2D eigenvalue weighted by molar-refractivity contribution is 8.00. The van der Waals surface area contributed by atoms with E-state index in [-0.39, 0.29) is 0 Å². The van der Waals surface area contributed by atoms with Gasteiger partial charge in [-0.1, -0.05) is 212 Å². The Hall–Kier alpha value is -7.40. The van der Waals surface area contributed by atoms with Gasteiger partial charge in [0.2, 0.25) is 0 Å². The number of hydrogen-bond donors (Lipinski definition) is 0. The summed E-state index contributed by atoms with van der Waals surface area (Å²) < 4.78 is 0. The van der Waals surface area contributed by atoms with Crippen molar-refractivity contribution >= 4 is 22.5 Å². The molecule has 2 aliphatic rings. The number of aromatic nitrogens is 3. The quantitative estimate of drug-likeness (QED) is 0.174. The van der Waals surface area contributed by atoms with Crippen molar-refractivity contribution in [2.45, 2.75) is 15.2 Å². The zero-order valence-corrected chi connectivity index (χ0v) is 33.3. The summed E-state index contributed by atoms with van der Waals surface area (Å²) in [6.07, 6.45) is 0. The van der Waals surface area contributed by atoms with Crippen LogP contribution in [0.2, 0.25) is 0 Å². The molecule has 0 atom stereocenters. The van der Waals surface area contributed by atoms with Crippen LogP contribution in [0.5, 0.6) is 0 Å². The Morgan fingerprint density at radius 3 is 1.42 bits per heavy atom. The molecule has 12 rings (SSSR count). The Kier molecular flexibility index (Phi) is 8.00. The van der Waals surface area contributed by atoms with Crippen LogP contribution >= 0.6 is 11.8 Å². The molecule has 1 spiro atoms. The fourth-order valence-corrected chi connectivity index (χ4v) is 11.0. The summed E-state index contributed by atoms with van der Waals surface area (Å²) in [5.74, 6) is 1.94. The normalized spacial score (nSPS) is 13.1. The van der Waals surface area contributed by atoms with Crippen LogP contribution in [0.1, 0.15) is 22.3 Å². The van der Waals surface area contributed by atoms with Gasteiger partial charge in [0.25, 0.3) is 0 Å². The summed E-state index contributed by atoms with van der Waals surface area (Å²) >= 11 is 1.92.